The number of imidazole rings is 1. The van der Waals surface area contributed by atoms with Crippen LogP contribution >= 0.6 is 11.3 Å². The standard InChI is InChI=1S/C13H21N3OS/c1-11(9-14-5-7-17-2)3-4-12-10-16-6-8-18-13(16)15-12/h6,8,10-11,14H,3-5,7,9H2,1-2H3. The zero-order valence-electron chi connectivity index (χ0n) is 11.1. The Morgan fingerprint density at radius 2 is 2.44 bits per heavy atom. The van der Waals surface area contributed by atoms with Crippen LogP contribution in [0.15, 0.2) is 17.8 Å². The van der Waals surface area contributed by atoms with Gasteiger partial charge in [0.05, 0.1) is 12.3 Å². The van der Waals surface area contributed by atoms with E-state index in [-0.39, 0.29) is 0 Å². The van der Waals surface area contributed by atoms with Crippen LogP contribution in [0.4, 0.5) is 0 Å². The average Bonchev–Trinajstić information content (AvgIpc) is 2.92. The first-order valence-corrected chi connectivity index (χ1v) is 7.28. The lowest BCUT2D eigenvalue weighted by atomic mass is 10.0. The second-order valence-electron chi connectivity index (χ2n) is 4.67. The van der Waals surface area contributed by atoms with Gasteiger partial charge in [-0.25, -0.2) is 4.98 Å². The second-order valence-corrected chi connectivity index (χ2v) is 5.54. The van der Waals surface area contributed by atoms with Crippen LogP contribution in [0.25, 0.3) is 4.96 Å². The number of rotatable bonds is 8. The highest BCUT2D eigenvalue weighted by atomic mass is 32.1. The Balaban J connectivity index is 1.69. The van der Waals surface area contributed by atoms with Gasteiger partial charge in [0, 0.05) is 31.4 Å². The van der Waals surface area contributed by atoms with Crippen molar-refractivity contribution in [3.05, 3.63) is 23.5 Å². The van der Waals surface area contributed by atoms with Crippen molar-refractivity contribution in [2.24, 2.45) is 5.92 Å². The SMILES string of the molecule is COCCNCC(C)CCc1cn2ccsc2n1. The number of hydrogen-bond donors (Lipinski definition) is 1. The van der Waals surface area contributed by atoms with Gasteiger partial charge in [0.25, 0.3) is 0 Å². The lowest BCUT2D eigenvalue weighted by Crippen LogP contribution is -2.25. The largest absolute Gasteiger partial charge is 0.383 e. The molecular weight excluding hydrogens is 246 g/mol. The van der Waals surface area contributed by atoms with Crippen LogP contribution in [0.1, 0.15) is 19.0 Å². The van der Waals surface area contributed by atoms with E-state index < -0.39 is 0 Å². The minimum atomic E-state index is 0.668. The van der Waals surface area contributed by atoms with E-state index in [0.29, 0.717) is 5.92 Å². The summed E-state index contributed by atoms with van der Waals surface area (Å²) in [6.07, 6.45) is 6.43. The molecule has 0 aromatic carbocycles. The van der Waals surface area contributed by atoms with Crippen molar-refractivity contribution in [1.82, 2.24) is 14.7 Å². The van der Waals surface area contributed by atoms with E-state index in [2.05, 4.69) is 39.4 Å². The number of fused-ring (bicyclic) bond motifs is 1. The van der Waals surface area contributed by atoms with E-state index in [1.54, 1.807) is 18.4 Å². The predicted molar refractivity (Wildman–Crippen MR) is 75.3 cm³/mol. The maximum Gasteiger partial charge on any atom is 0.193 e. The van der Waals surface area contributed by atoms with E-state index in [0.717, 1.165) is 31.1 Å². The highest BCUT2D eigenvalue weighted by molar-refractivity contribution is 7.15. The van der Waals surface area contributed by atoms with Gasteiger partial charge in [0.15, 0.2) is 4.96 Å². The number of nitrogens with one attached hydrogen (secondary N) is 1. The Labute approximate surface area is 112 Å². The lowest BCUT2D eigenvalue weighted by Gasteiger charge is -2.11. The molecule has 2 aromatic heterocycles. The molecule has 2 aromatic rings. The molecule has 100 valence electrons. The van der Waals surface area contributed by atoms with Crippen LogP contribution < -0.4 is 5.32 Å². The maximum absolute atomic E-state index is 5.00. The monoisotopic (exact) mass is 267 g/mol. The number of methoxy groups -OCH3 is 1. The molecule has 0 aliphatic rings. The summed E-state index contributed by atoms with van der Waals surface area (Å²) < 4.78 is 7.10. The van der Waals surface area contributed by atoms with Crippen molar-refractivity contribution in [2.75, 3.05) is 26.8 Å². The molecule has 1 atom stereocenters. The van der Waals surface area contributed by atoms with Gasteiger partial charge in [-0.2, -0.15) is 0 Å². The van der Waals surface area contributed by atoms with Crippen molar-refractivity contribution in [2.45, 2.75) is 19.8 Å². The molecule has 0 amide bonds. The van der Waals surface area contributed by atoms with Gasteiger partial charge in [0.2, 0.25) is 0 Å². The summed E-state index contributed by atoms with van der Waals surface area (Å²) in [5.74, 6) is 0.668. The normalized spacial score (nSPS) is 13.2. The molecule has 0 radical (unpaired) electrons. The molecule has 0 saturated carbocycles. The van der Waals surface area contributed by atoms with Crippen LogP contribution in [0.2, 0.25) is 0 Å². The lowest BCUT2D eigenvalue weighted by molar-refractivity contribution is 0.198. The molecule has 0 aliphatic carbocycles. The summed E-state index contributed by atoms with van der Waals surface area (Å²) in [5, 5.41) is 5.46. The van der Waals surface area contributed by atoms with Gasteiger partial charge < -0.3 is 10.1 Å². The van der Waals surface area contributed by atoms with Gasteiger partial charge >= 0.3 is 0 Å². The highest BCUT2D eigenvalue weighted by Crippen LogP contribution is 2.14. The zero-order valence-corrected chi connectivity index (χ0v) is 11.9. The van der Waals surface area contributed by atoms with Crippen LogP contribution in [0.5, 0.6) is 0 Å². The van der Waals surface area contributed by atoms with Crippen molar-refractivity contribution in [3.8, 4) is 0 Å². The topological polar surface area (TPSA) is 38.6 Å². The molecule has 1 N–H and O–H groups in total. The molecule has 1 unspecified atom stereocenters. The summed E-state index contributed by atoms with van der Waals surface area (Å²) in [5.41, 5.74) is 1.20. The molecule has 0 bridgehead atoms. The van der Waals surface area contributed by atoms with Crippen LogP contribution in [-0.4, -0.2) is 36.2 Å². The van der Waals surface area contributed by atoms with E-state index in [1.165, 1.54) is 12.1 Å². The fraction of sp³-hybridized carbons (Fsp3) is 0.615. The van der Waals surface area contributed by atoms with Crippen LogP contribution in [0, 0.1) is 5.92 Å². The van der Waals surface area contributed by atoms with Gasteiger partial charge in [-0.1, -0.05) is 6.92 Å². The molecule has 2 heterocycles. The van der Waals surface area contributed by atoms with Crippen molar-refractivity contribution < 1.29 is 4.74 Å². The Kier molecular flexibility index (Phi) is 5.16. The smallest absolute Gasteiger partial charge is 0.193 e. The van der Waals surface area contributed by atoms with Crippen LogP contribution in [-0.2, 0) is 11.2 Å². The maximum atomic E-state index is 5.00. The third kappa shape index (κ3) is 3.80. The summed E-state index contributed by atoms with van der Waals surface area (Å²) >= 11 is 1.69. The fourth-order valence-electron chi connectivity index (χ4n) is 1.92. The minimum Gasteiger partial charge on any atom is -0.383 e. The van der Waals surface area contributed by atoms with Gasteiger partial charge in [-0.05, 0) is 25.3 Å². The van der Waals surface area contributed by atoms with E-state index in [1.807, 2.05) is 0 Å². The number of thiazole rings is 1. The summed E-state index contributed by atoms with van der Waals surface area (Å²) in [6.45, 7) is 5.04. The van der Waals surface area contributed by atoms with E-state index >= 15 is 0 Å². The highest BCUT2D eigenvalue weighted by Gasteiger charge is 2.06. The zero-order chi connectivity index (χ0) is 12.8. The quantitative estimate of drug-likeness (QED) is 0.745. The Bertz CT molecular complexity index is 437. The Morgan fingerprint density at radius 1 is 1.56 bits per heavy atom. The van der Waals surface area contributed by atoms with Crippen molar-refractivity contribution in [3.63, 3.8) is 0 Å². The number of nitrogens with zero attached hydrogens (tertiary/aromatic N) is 2. The number of aromatic nitrogens is 2. The first-order valence-electron chi connectivity index (χ1n) is 6.40. The first-order chi connectivity index (χ1) is 8.79. The molecular formula is C13H21N3OS. The molecule has 4 nitrogen and oxygen atoms in total. The predicted octanol–water partition coefficient (Wildman–Crippen LogP) is 2.20. The molecule has 2 rings (SSSR count). The van der Waals surface area contributed by atoms with E-state index in [4.69, 9.17) is 4.74 Å². The molecule has 5 heteroatoms. The fourth-order valence-corrected chi connectivity index (χ4v) is 2.63. The van der Waals surface area contributed by atoms with E-state index in [9.17, 15) is 0 Å². The first kappa shape index (κ1) is 13.5. The van der Waals surface area contributed by atoms with Gasteiger partial charge in [-0.15, -0.1) is 11.3 Å². The third-order valence-electron chi connectivity index (χ3n) is 3.01. The summed E-state index contributed by atoms with van der Waals surface area (Å²) in [6, 6.07) is 0. The third-order valence-corrected chi connectivity index (χ3v) is 3.78. The summed E-state index contributed by atoms with van der Waals surface area (Å²) in [7, 11) is 1.73. The Hall–Kier alpha value is -0.910. The number of ether oxygens (including phenoxy) is 1. The molecule has 0 spiro atoms. The molecule has 0 aliphatic heterocycles. The van der Waals surface area contributed by atoms with Gasteiger partial charge in [-0.3, -0.25) is 4.40 Å². The minimum absolute atomic E-state index is 0.668. The molecule has 0 fully saturated rings. The van der Waals surface area contributed by atoms with Crippen molar-refractivity contribution >= 4 is 16.3 Å². The molecule has 0 saturated heterocycles. The number of hydrogen-bond acceptors (Lipinski definition) is 4. The van der Waals surface area contributed by atoms with Crippen LogP contribution in [0.3, 0.4) is 0 Å². The summed E-state index contributed by atoms with van der Waals surface area (Å²) in [4.78, 5) is 5.69. The Morgan fingerprint density at radius 3 is 3.22 bits per heavy atom. The average molecular weight is 267 g/mol. The van der Waals surface area contributed by atoms with Gasteiger partial charge in [0.1, 0.15) is 0 Å². The molecule has 18 heavy (non-hydrogen) atoms. The second kappa shape index (κ2) is 6.87. The number of aryl methyl sites for hydroxylation is 1. The van der Waals surface area contributed by atoms with Crippen molar-refractivity contribution in [1.29, 1.82) is 0 Å².